The highest BCUT2D eigenvalue weighted by molar-refractivity contribution is 5.94. The third kappa shape index (κ3) is 2.99. The molecule has 3 rings (SSSR count). The minimum absolute atomic E-state index is 0.0955. The lowest BCUT2D eigenvalue weighted by molar-refractivity contribution is -0.142. The van der Waals surface area contributed by atoms with Crippen LogP contribution in [0.25, 0.3) is 0 Å². The molecule has 2 fully saturated rings. The molecule has 23 heavy (non-hydrogen) atoms. The molecule has 0 unspecified atom stereocenters. The Hall–Kier alpha value is -1.84. The van der Waals surface area contributed by atoms with Gasteiger partial charge in [0, 0.05) is 32.1 Å². The van der Waals surface area contributed by atoms with E-state index in [9.17, 15) is 9.59 Å². The molecule has 124 valence electrons. The van der Waals surface area contributed by atoms with Crippen molar-refractivity contribution in [3.63, 3.8) is 0 Å². The largest absolute Gasteiger partial charge is 0.338 e. The minimum atomic E-state index is -0.146. The Bertz CT molecular complexity index is 592. The maximum absolute atomic E-state index is 12.8. The molecule has 0 N–H and O–H groups in total. The summed E-state index contributed by atoms with van der Waals surface area (Å²) < 4.78 is 0. The maximum atomic E-state index is 12.8. The summed E-state index contributed by atoms with van der Waals surface area (Å²) in [5.41, 5.74) is 1.85. The van der Waals surface area contributed by atoms with Crippen molar-refractivity contribution in [3.8, 4) is 0 Å². The van der Waals surface area contributed by atoms with Crippen LogP contribution in [0, 0.1) is 0 Å². The van der Waals surface area contributed by atoms with Gasteiger partial charge in [0.05, 0.1) is 5.54 Å². The van der Waals surface area contributed by atoms with Crippen molar-refractivity contribution < 1.29 is 9.59 Å². The van der Waals surface area contributed by atoms with Gasteiger partial charge in [0.15, 0.2) is 0 Å². The van der Waals surface area contributed by atoms with E-state index in [0.717, 1.165) is 44.2 Å². The van der Waals surface area contributed by atoms with E-state index in [1.807, 2.05) is 41.1 Å². The zero-order valence-electron chi connectivity index (χ0n) is 14.2. The summed E-state index contributed by atoms with van der Waals surface area (Å²) >= 11 is 0. The second-order valence-corrected chi connectivity index (χ2v) is 6.91. The summed E-state index contributed by atoms with van der Waals surface area (Å²) in [6.45, 7) is 3.57. The number of nitrogens with zero attached hydrogens (tertiary/aromatic N) is 2. The Balaban J connectivity index is 1.77. The lowest BCUT2D eigenvalue weighted by Gasteiger charge is -2.50. The molecule has 0 aromatic heterocycles. The molecule has 4 heteroatoms. The van der Waals surface area contributed by atoms with E-state index in [2.05, 4.69) is 6.92 Å². The fraction of sp³-hybridized carbons (Fsp3) is 0.579. The van der Waals surface area contributed by atoms with Crippen molar-refractivity contribution >= 4 is 11.8 Å². The first-order chi connectivity index (χ1) is 11.1. The molecule has 2 amide bonds. The molecule has 2 aliphatic heterocycles. The average molecular weight is 314 g/mol. The van der Waals surface area contributed by atoms with E-state index >= 15 is 0 Å². The Kier molecular flexibility index (Phi) is 4.42. The van der Waals surface area contributed by atoms with Gasteiger partial charge in [-0.2, -0.15) is 0 Å². The van der Waals surface area contributed by atoms with E-state index in [-0.39, 0.29) is 17.4 Å². The molecule has 0 radical (unpaired) electrons. The van der Waals surface area contributed by atoms with Crippen molar-refractivity contribution in [1.29, 1.82) is 0 Å². The number of piperidine rings is 2. The van der Waals surface area contributed by atoms with Gasteiger partial charge in [0.1, 0.15) is 0 Å². The number of aryl methyl sites for hydroxylation is 1. The Morgan fingerprint density at radius 3 is 2.57 bits per heavy atom. The molecular formula is C19H26N2O2. The van der Waals surface area contributed by atoms with E-state index in [0.29, 0.717) is 13.0 Å². The molecule has 2 heterocycles. The predicted molar refractivity (Wildman–Crippen MR) is 90.3 cm³/mol. The lowest BCUT2D eigenvalue weighted by atomic mass is 9.80. The van der Waals surface area contributed by atoms with Gasteiger partial charge in [-0.3, -0.25) is 9.59 Å². The van der Waals surface area contributed by atoms with Crippen molar-refractivity contribution in [2.45, 2.75) is 51.0 Å². The summed E-state index contributed by atoms with van der Waals surface area (Å²) in [4.78, 5) is 28.8. The SMILES string of the molecule is CCc1ccc(C(=O)N2CCC[C@@]3(CCCC(=O)N3C)C2)cc1. The Morgan fingerprint density at radius 1 is 1.17 bits per heavy atom. The second-order valence-electron chi connectivity index (χ2n) is 6.91. The number of likely N-dealkylation sites (tertiary alicyclic amines) is 2. The smallest absolute Gasteiger partial charge is 0.253 e. The fourth-order valence-corrected chi connectivity index (χ4v) is 4.00. The highest BCUT2D eigenvalue weighted by atomic mass is 16.2. The maximum Gasteiger partial charge on any atom is 0.253 e. The molecule has 1 atom stereocenters. The number of carbonyl (C=O) groups is 2. The van der Waals surface area contributed by atoms with Gasteiger partial charge in [-0.25, -0.2) is 0 Å². The highest BCUT2D eigenvalue weighted by Crippen LogP contribution is 2.36. The van der Waals surface area contributed by atoms with E-state index in [1.165, 1.54) is 5.56 Å². The average Bonchev–Trinajstić information content (AvgIpc) is 2.59. The van der Waals surface area contributed by atoms with Gasteiger partial charge >= 0.3 is 0 Å². The molecule has 1 aromatic carbocycles. The zero-order valence-corrected chi connectivity index (χ0v) is 14.2. The number of amides is 2. The lowest BCUT2D eigenvalue weighted by Crippen LogP contribution is -2.61. The van der Waals surface area contributed by atoms with Crippen LogP contribution in [0.1, 0.15) is 54.9 Å². The molecule has 0 aliphatic carbocycles. The van der Waals surface area contributed by atoms with Gasteiger partial charge in [-0.1, -0.05) is 19.1 Å². The van der Waals surface area contributed by atoms with Gasteiger partial charge in [0.2, 0.25) is 5.91 Å². The number of hydrogen-bond acceptors (Lipinski definition) is 2. The monoisotopic (exact) mass is 314 g/mol. The van der Waals surface area contributed by atoms with Crippen LogP contribution >= 0.6 is 0 Å². The van der Waals surface area contributed by atoms with E-state index in [1.54, 1.807) is 0 Å². The second kappa shape index (κ2) is 6.34. The summed E-state index contributed by atoms with van der Waals surface area (Å²) in [7, 11) is 1.91. The summed E-state index contributed by atoms with van der Waals surface area (Å²) in [5, 5.41) is 0. The van der Waals surface area contributed by atoms with Gasteiger partial charge in [-0.15, -0.1) is 0 Å². The molecule has 1 aromatic rings. The first kappa shape index (κ1) is 16.0. The van der Waals surface area contributed by atoms with Crippen molar-refractivity contribution in [1.82, 2.24) is 9.80 Å². The minimum Gasteiger partial charge on any atom is -0.338 e. The van der Waals surface area contributed by atoms with Gasteiger partial charge in [-0.05, 0) is 49.8 Å². The molecule has 0 bridgehead atoms. The third-order valence-electron chi connectivity index (χ3n) is 5.57. The summed E-state index contributed by atoms with van der Waals surface area (Å²) in [6.07, 6.45) is 5.55. The standard InChI is InChI=1S/C19H26N2O2/c1-3-15-7-9-16(10-8-15)18(23)21-13-5-12-19(14-21)11-4-6-17(22)20(19)2/h7-10H,3-6,11-14H2,1-2H3/t19-/m0/s1. The summed E-state index contributed by atoms with van der Waals surface area (Å²) in [5.74, 6) is 0.316. The first-order valence-electron chi connectivity index (χ1n) is 8.70. The van der Waals surface area contributed by atoms with Crippen LogP contribution in [0.5, 0.6) is 0 Å². The van der Waals surface area contributed by atoms with Crippen LogP contribution in [0.3, 0.4) is 0 Å². The van der Waals surface area contributed by atoms with Crippen LogP contribution in [0.2, 0.25) is 0 Å². The van der Waals surface area contributed by atoms with E-state index < -0.39 is 0 Å². The summed E-state index contributed by atoms with van der Waals surface area (Å²) in [6, 6.07) is 7.92. The number of likely N-dealkylation sites (N-methyl/N-ethyl adjacent to an activating group) is 1. The van der Waals surface area contributed by atoms with Crippen LogP contribution in [-0.4, -0.2) is 47.3 Å². The quantitative estimate of drug-likeness (QED) is 0.842. The highest BCUT2D eigenvalue weighted by Gasteiger charge is 2.44. The molecule has 1 spiro atoms. The van der Waals surface area contributed by atoms with Crippen molar-refractivity contribution in [3.05, 3.63) is 35.4 Å². The van der Waals surface area contributed by atoms with Crippen LogP contribution < -0.4 is 0 Å². The normalized spacial score (nSPS) is 25.0. The molecule has 2 aliphatic rings. The molecule has 4 nitrogen and oxygen atoms in total. The predicted octanol–water partition coefficient (Wildman–Crippen LogP) is 2.87. The Morgan fingerprint density at radius 2 is 1.87 bits per heavy atom. The number of rotatable bonds is 2. The topological polar surface area (TPSA) is 40.6 Å². The number of hydrogen-bond donors (Lipinski definition) is 0. The van der Waals surface area contributed by atoms with Crippen molar-refractivity contribution in [2.75, 3.05) is 20.1 Å². The molecule has 2 saturated heterocycles. The fourth-order valence-electron chi connectivity index (χ4n) is 4.00. The van der Waals surface area contributed by atoms with Crippen LogP contribution in [0.4, 0.5) is 0 Å². The molecule has 0 saturated carbocycles. The zero-order chi connectivity index (χ0) is 16.4. The number of benzene rings is 1. The van der Waals surface area contributed by atoms with Crippen molar-refractivity contribution in [2.24, 2.45) is 0 Å². The molecular weight excluding hydrogens is 288 g/mol. The van der Waals surface area contributed by atoms with Gasteiger partial charge < -0.3 is 9.80 Å². The van der Waals surface area contributed by atoms with Crippen LogP contribution in [-0.2, 0) is 11.2 Å². The van der Waals surface area contributed by atoms with E-state index in [4.69, 9.17) is 0 Å². The third-order valence-corrected chi connectivity index (χ3v) is 5.57. The van der Waals surface area contributed by atoms with Gasteiger partial charge in [0.25, 0.3) is 5.91 Å². The first-order valence-corrected chi connectivity index (χ1v) is 8.70. The van der Waals surface area contributed by atoms with Crippen LogP contribution in [0.15, 0.2) is 24.3 Å². The number of carbonyl (C=O) groups excluding carboxylic acids is 2. The Labute approximate surface area is 138 Å².